The van der Waals surface area contributed by atoms with Gasteiger partial charge in [-0.3, -0.25) is 4.90 Å². The highest BCUT2D eigenvalue weighted by atomic mass is 35.5. The highest BCUT2D eigenvalue weighted by Gasteiger charge is 2.23. The number of methoxy groups -OCH3 is 1. The van der Waals surface area contributed by atoms with Gasteiger partial charge in [-0.25, -0.2) is 0 Å². The molecule has 0 aromatic rings. The zero-order valence-corrected chi connectivity index (χ0v) is 11.6. The molecule has 102 valence electrons. The molecule has 0 saturated carbocycles. The number of halogens is 1. The second-order valence-corrected chi connectivity index (χ2v) is 4.75. The van der Waals surface area contributed by atoms with Crippen LogP contribution in [0.25, 0.3) is 0 Å². The average Bonchev–Trinajstić information content (AvgIpc) is 2.33. The molecule has 0 radical (unpaired) electrons. The number of alkyl halides is 1. The molecular weight excluding hydrogens is 242 g/mol. The first-order valence-electron chi connectivity index (χ1n) is 6.26. The summed E-state index contributed by atoms with van der Waals surface area (Å²) in [4.78, 5) is 2.40. The summed E-state index contributed by atoms with van der Waals surface area (Å²) in [6.07, 6.45) is 1.50. The van der Waals surface area contributed by atoms with Crippen LogP contribution in [0.15, 0.2) is 0 Å². The molecule has 1 aliphatic heterocycles. The Hall–Kier alpha value is 0.130. The molecule has 0 N–H and O–H groups in total. The fourth-order valence-corrected chi connectivity index (χ4v) is 2.21. The van der Waals surface area contributed by atoms with Gasteiger partial charge in [0.05, 0.1) is 25.4 Å². The van der Waals surface area contributed by atoms with Gasteiger partial charge in [0.2, 0.25) is 0 Å². The Morgan fingerprint density at radius 3 is 2.82 bits per heavy atom. The SMILES string of the molecule is COCCOCCCN1CC(C)OC(CCl)C1. The van der Waals surface area contributed by atoms with Crippen molar-refractivity contribution in [2.24, 2.45) is 0 Å². The van der Waals surface area contributed by atoms with Crippen molar-refractivity contribution < 1.29 is 14.2 Å². The minimum Gasteiger partial charge on any atom is -0.382 e. The van der Waals surface area contributed by atoms with Crippen LogP contribution in [0.2, 0.25) is 0 Å². The summed E-state index contributed by atoms with van der Waals surface area (Å²) in [5.74, 6) is 0.575. The van der Waals surface area contributed by atoms with E-state index in [1.807, 2.05) is 0 Å². The Balaban J connectivity index is 2.05. The molecule has 0 aliphatic carbocycles. The van der Waals surface area contributed by atoms with Gasteiger partial charge in [-0.05, 0) is 13.3 Å². The maximum atomic E-state index is 5.84. The second-order valence-electron chi connectivity index (χ2n) is 4.44. The Kier molecular flexibility index (Phi) is 8.14. The highest BCUT2D eigenvalue weighted by molar-refractivity contribution is 6.18. The van der Waals surface area contributed by atoms with Crippen molar-refractivity contribution >= 4 is 11.6 Å². The summed E-state index contributed by atoms with van der Waals surface area (Å²) in [5.41, 5.74) is 0. The zero-order valence-electron chi connectivity index (χ0n) is 10.9. The minimum absolute atomic E-state index is 0.176. The monoisotopic (exact) mass is 265 g/mol. The van der Waals surface area contributed by atoms with Gasteiger partial charge in [0.15, 0.2) is 0 Å². The molecule has 0 aromatic heterocycles. The third kappa shape index (κ3) is 6.58. The lowest BCUT2D eigenvalue weighted by atomic mass is 10.2. The standard InChI is InChI=1S/C12H24ClNO3/c1-11-9-14(10-12(8-13)17-11)4-3-5-16-7-6-15-2/h11-12H,3-10H2,1-2H3. The lowest BCUT2D eigenvalue weighted by Gasteiger charge is -2.36. The van der Waals surface area contributed by atoms with Gasteiger partial charge in [0.25, 0.3) is 0 Å². The van der Waals surface area contributed by atoms with Crippen LogP contribution in [0.5, 0.6) is 0 Å². The smallest absolute Gasteiger partial charge is 0.0841 e. The molecule has 1 rings (SSSR count). The molecule has 1 fully saturated rings. The van der Waals surface area contributed by atoms with Gasteiger partial charge in [-0.15, -0.1) is 11.6 Å². The van der Waals surface area contributed by atoms with Crippen molar-refractivity contribution in [2.75, 3.05) is 52.4 Å². The first-order chi connectivity index (χ1) is 8.26. The van der Waals surface area contributed by atoms with E-state index in [4.69, 9.17) is 25.8 Å². The molecule has 17 heavy (non-hydrogen) atoms. The molecule has 1 heterocycles. The highest BCUT2D eigenvalue weighted by Crippen LogP contribution is 2.12. The molecule has 2 unspecified atom stereocenters. The van der Waals surface area contributed by atoms with Crippen molar-refractivity contribution in [3.8, 4) is 0 Å². The normalized spacial score (nSPS) is 26.3. The summed E-state index contributed by atoms with van der Waals surface area (Å²) >= 11 is 5.84. The van der Waals surface area contributed by atoms with E-state index in [0.29, 0.717) is 19.1 Å². The van der Waals surface area contributed by atoms with E-state index >= 15 is 0 Å². The number of rotatable bonds is 8. The summed E-state index contributed by atoms with van der Waals surface area (Å²) in [5, 5.41) is 0. The number of hydrogen-bond donors (Lipinski definition) is 0. The molecule has 1 aliphatic rings. The fourth-order valence-electron chi connectivity index (χ4n) is 2.04. The summed E-state index contributed by atoms with van der Waals surface area (Å²) in [7, 11) is 1.69. The first kappa shape index (κ1) is 15.2. The largest absolute Gasteiger partial charge is 0.382 e. The Labute approximate surface area is 109 Å². The third-order valence-corrected chi connectivity index (χ3v) is 3.11. The van der Waals surface area contributed by atoms with Gasteiger partial charge in [-0.1, -0.05) is 0 Å². The molecule has 0 bridgehead atoms. The Morgan fingerprint density at radius 2 is 2.12 bits per heavy atom. The zero-order chi connectivity index (χ0) is 12.5. The summed E-state index contributed by atoms with van der Waals surface area (Å²) in [6, 6.07) is 0. The third-order valence-electron chi connectivity index (χ3n) is 2.77. The van der Waals surface area contributed by atoms with E-state index in [9.17, 15) is 0 Å². The van der Waals surface area contributed by atoms with Crippen molar-refractivity contribution in [1.29, 1.82) is 0 Å². The van der Waals surface area contributed by atoms with Crippen molar-refractivity contribution in [3.05, 3.63) is 0 Å². The summed E-state index contributed by atoms with van der Waals surface area (Å²) in [6.45, 7) is 7.22. The van der Waals surface area contributed by atoms with Crippen molar-refractivity contribution in [1.82, 2.24) is 4.90 Å². The van der Waals surface area contributed by atoms with Gasteiger partial charge in [0.1, 0.15) is 0 Å². The van der Waals surface area contributed by atoms with Crippen molar-refractivity contribution in [3.63, 3.8) is 0 Å². The number of morpholine rings is 1. The quantitative estimate of drug-likeness (QED) is 0.490. The average molecular weight is 266 g/mol. The minimum atomic E-state index is 0.176. The molecule has 1 saturated heterocycles. The van der Waals surface area contributed by atoms with Crippen LogP contribution in [0.1, 0.15) is 13.3 Å². The maximum absolute atomic E-state index is 5.84. The first-order valence-corrected chi connectivity index (χ1v) is 6.80. The fraction of sp³-hybridized carbons (Fsp3) is 1.00. The molecule has 5 heteroatoms. The lowest BCUT2D eigenvalue weighted by Crippen LogP contribution is -2.47. The van der Waals surface area contributed by atoms with E-state index < -0.39 is 0 Å². The van der Waals surface area contributed by atoms with E-state index in [2.05, 4.69) is 11.8 Å². The predicted octanol–water partition coefficient (Wildman–Crippen LogP) is 1.37. The van der Waals surface area contributed by atoms with Crippen LogP contribution < -0.4 is 0 Å². The van der Waals surface area contributed by atoms with Crippen LogP contribution in [0.4, 0.5) is 0 Å². The molecule has 0 spiro atoms. The van der Waals surface area contributed by atoms with Gasteiger partial charge in [-0.2, -0.15) is 0 Å². The predicted molar refractivity (Wildman–Crippen MR) is 68.8 cm³/mol. The van der Waals surface area contributed by atoms with Gasteiger partial charge in [0, 0.05) is 39.2 Å². The Bertz CT molecular complexity index is 195. The van der Waals surface area contributed by atoms with Crippen molar-refractivity contribution in [2.45, 2.75) is 25.6 Å². The lowest BCUT2D eigenvalue weighted by molar-refractivity contribution is -0.0679. The molecular formula is C12H24ClNO3. The van der Waals surface area contributed by atoms with Gasteiger partial charge < -0.3 is 14.2 Å². The molecule has 4 nitrogen and oxygen atoms in total. The van der Waals surface area contributed by atoms with Crippen LogP contribution in [0.3, 0.4) is 0 Å². The molecule has 0 amide bonds. The number of ether oxygens (including phenoxy) is 3. The topological polar surface area (TPSA) is 30.9 Å². The van der Waals surface area contributed by atoms with Crippen LogP contribution >= 0.6 is 11.6 Å². The molecule has 0 aromatic carbocycles. The van der Waals surface area contributed by atoms with E-state index in [1.165, 1.54) is 0 Å². The van der Waals surface area contributed by atoms with E-state index in [0.717, 1.165) is 32.7 Å². The second kappa shape index (κ2) is 9.11. The molecule has 2 atom stereocenters. The van der Waals surface area contributed by atoms with Gasteiger partial charge >= 0.3 is 0 Å². The van der Waals surface area contributed by atoms with E-state index in [-0.39, 0.29) is 12.2 Å². The van der Waals surface area contributed by atoms with Crippen LogP contribution in [0, 0.1) is 0 Å². The van der Waals surface area contributed by atoms with E-state index in [1.54, 1.807) is 7.11 Å². The van der Waals surface area contributed by atoms with Crippen LogP contribution in [-0.4, -0.2) is 69.6 Å². The van der Waals surface area contributed by atoms with Crippen LogP contribution in [-0.2, 0) is 14.2 Å². The Morgan fingerprint density at radius 1 is 1.29 bits per heavy atom. The number of hydrogen-bond acceptors (Lipinski definition) is 4. The summed E-state index contributed by atoms with van der Waals surface area (Å²) < 4.78 is 16.1. The maximum Gasteiger partial charge on any atom is 0.0841 e. The number of nitrogens with zero attached hydrogens (tertiary/aromatic N) is 1.